The summed E-state index contributed by atoms with van der Waals surface area (Å²) in [6, 6.07) is 0. The molecule has 38 heavy (non-hydrogen) atoms. The molecule has 0 fully saturated rings. The third kappa shape index (κ3) is 6.70. The molecule has 228 valence electrons. The minimum atomic E-state index is -8.60. The second kappa shape index (κ2) is 11.8. The van der Waals surface area contributed by atoms with E-state index in [1.807, 2.05) is 0 Å². The van der Waals surface area contributed by atoms with E-state index in [1.165, 1.54) is 0 Å². The van der Waals surface area contributed by atoms with E-state index in [-0.39, 0.29) is 19.3 Å². The van der Waals surface area contributed by atoms with Crippen molar-refractivity contribution in [1.29, 1.82) is 0 Å². The van der Waals surface area contributed by atoms with Gasteiger partial charge in [-0.3, -0.25) is 4.79 Å². The normalized spacial score (nSPS) is 15.2. The quantitative estimate of drug-likeness (QED) is 0.133. The molecule has 0 heterocycles. The molecule has 0 aliphatic heterocycles. The van der Waals surface area contributed by atoms with Crippen molar-refractivity contribution >= 4 is 5.97 Å². The van der Waals surface area contributed by atoms with Gasteiger partial charge < -0.3 is 5.11 Å². The lowest BCUT2D eigenvalue weighted by atomic mass is 9.87. The average Bonchev–Trinajstić information content (AvgIpc) is 2.73. The van der Waals surface area contributed by atoms with Crippen molar-refractivity contribution in [2.45, 2.75) is 112 Å². The molecule has 2 nitrogen and oxygen atoms in total. The lowest BCUT2D eigenvalue weighted by Crippen LogP contribution is -2.74. The third-order valence-electron chi connectivity index (χ3n) is 5.42. The number of carboxylic acid groups (broad SMARTS) is 1. The van der Waals surface area contributed by atoms with Gasteiger partial charge in [0.05, 0.1) is 0 Å². The van der Waals surface area contributed by atoms with Gasteiger partial charge in [0.1, 0.15) is 0 Å². The summed E-state index contributed by atoms with van der Waals surface area (Å²) in [5.74, 6) is -57.0. The van der Waals surface area contributed by atoms with Crippen LogP contribution in [-0.2, 0) is 4.79 Å². The van der Waals surface area contributed by atoms with Crippen molar-refractivity contribution in [3.63, 3.8) is 0 Å². The van der Waals surface area contributed by atoms with Gasteiger partial charge in [-0.15, -0.1) is 0 Å². The summed E-state index contributed by atoms with van der Waals surface area (Å²) in [5, 5.41) is 8.42. The maximum Gasteiger partial charge on any atom is 0.460 e. The zero-order chi connectivity index (χ0) is 30.6. The van der Waals surface area contributed by atoms with E-state index >= 15 is 0 Å². The van der Waals surface area contributed by atoms with Crippen LogP contribution in [0.2, 0.25) is 0 Å². The van der Waals surface area contributed by atoms with Gasteiger partial charge in [-0.2, -0.15) is 74.6 Å². The first-order valence-electron chi connectivity index (χ1n) is 10.6. The fraction of sp³-hybridized carbons (Fsp3) is 0.947. The Balaban J connectivity index is 5.50. The smallest absolute Gasteiger partial charge is 0.460 e. The van der Waals surface area contributed by atoms with Crippen molar-refractivity contribution < 1.29 is 84.5 Å². The van der Waals surface area contributed by atoms with Gasteiger partial charge in [0.2, 0.25) is 0 Å². The van der Waals surface area contributed by atoms with Gasteiger partial charge in [-0.25, -0.2) is 0 Å². The summed E-state index contributed by atoms with van der Waals surface area (Å²) in [7, 11) is 0. The van der Waals surface area contributed by atoms with Gasteiger partial charge in [0.25, 0.3) is 0 Å². The van der Waals surface area contributed by atoms with E-state index in [4.69, 9.17) is 5.11 Å². The highest BCUT2D eigenvalue weighted by atomic mass is 19.4. The highest BCUT2D eigenvalue weighted by Crippen LogP contribution is 2.64. The summed E-state index contributed by atoms with van der Waals surface area (Å²) in [5.41, 5.74) is 0. The van der Waals surface area contributed by atoms with E-state index in [1.54, 1.807) is 0 Å². The van der Waals surface area contributed by atoms with Crippen LogP contribution in [-0.4, -0.2) is 58.7 Å². The van der Waals surface area contributed by atoms with Gasteiger partial charge in [-0.1, -0.05) is 38.5 Å². The molecule has 0 aromatic heterocycles. The number of carboxylic acids is 1. The van der Waals surface area contributed by atoms with Crippen molar-refractivity contribution in [3.05, 3.63) is 0 Å². The van der Waals surface area contributed by atoms with Crippen LogP contribution in [0.3, 0.4) is 0 Å². The van der Waals surface area contributed by atoms with Crippen LogP contribution in [0, 0.1) is 0 Å². The molecule has 0 atom stereocenters. The van der Waals surface area contributed by atoms with Crippen LogP contribution < -0.4 is 0 Å². The zero-order valence-corrected chi connectivity index (χ0v) is 18.9. The van der Waals surface area contributed by atoms with E-state index in [2.05, 4.69) is 0 Å². The molecule has 0 radical (unpaired) electrons. The highest BCUT2D eigenvalue weighted by Gasteiger charge is 2.95. The Hall–Kier alpha value is -1.72. The molecule has 19 heteroatoms. The second-order valence-electron chi connectivity index (χ2n) is 8.37. The molecule has 0 aromatic rings. The number of hydrogen-bond acceptors (Lipinski definition) is 1. The minimum Gasteiger partial charge on any atom is -0.481 e. The van der Waals surface area contributed by atoms with E-state index in [0.29, 0.717) is 25.7 Å². The molecule has 0 amide bonds. The molecule has 0 spiro atoms. The fourth-order valence-electron chi connectivity index (χ4n) is 3.04. The van der Waals surface area contributed by atoms with Crippen molar-refractivity contribution in [3.8, 4) is 0 Å². The summed E-state index contributed by atoms with van der Waals surface area (Å²) < 4.78 is 224. The van der Waals surface area contributed by atoms with Crippen LogP contribution in [0.1, 0.15) is 64.2 Å². The molecule has 0 saturated heterocycles. The Kier molecular flexibility index (Phi) is 11.3. The van der Waals surface area contributed by atoms with Crippen LogP contribution in [0.25, 0.3) is 0 Å². The van der Waals surface area contributed by atoms with Gasteiger partial charge in [0.15, 0.2) is 0 Å². The van der Waals surface area contributed by atoms with E-state index < -0.39 is 72.9 Å². The Labute approximate surface area is 203 Å². The number of halogens is 17. The number of aliphatic carboxylic acids is 1. The highest BCUT2D eigenvalue weighted by molar-refractivity contribution is 5.66. The molecular formula is C19H21F17O2. The van der Waals surface area contributed by atoms with Gasteiger partial charge in [-0.05, 0) is 12.8 Å². The molecule has 1 N–H and O–H groups in total. The Bertz CT molecular complexity index is 774. The minimum absolute atomic E-state index is 0.0239. The number of rotatable bonds is 17. The largest absolute Gasteiger partial charge is 0.481 e. The molecule has 0 aromatic carbocycles. The maximum absolute atomic E-state index is 13.7. The van der Waals surface area contributed by atoms with Crippen molar-refractivity contribution in [2.75, 3.05) is 0 Å². The molecule has 0 aliphatic carbocycles. The Morgan fingerprint density at radius 1 is 0.421 bits per heavy atom. The standard InChI is InChI=1S/C19H21F17O2/c20-12(21,10-8-6-4-2-1-3-5-7-9-11(37)38)13(22,23)14(24,25)15(26,27)16(28,29)17(30,31)18(32,33)19(34,35)36/h1-10H2,(H,37,38). The number of alkyl halides is 17. The number of carbonyl (C=O) groups is 1. The van der Waals surface area contributed by atoms with Crippen LogP contribution in [0.5, 0.6) is 0 Å². The lowest BCUT2D eigenvalue weighted by Gasteiger charge is -2.42. The maximum atomic E-state index is 13.7. The van der Waals surface area contributed by atoms with Crippen LogP contribution in [0.15, 0.2) is 0 Å². The number of hydrogen-bond donors (Lipinski definition) is 1. The summed E-state index contributed by atoms with van der Waals surface area (Å²) in [6.07, 6.45) is -10.0. The molecule has 0 rings (SSSR count). The number of unbranched alkanes of at least 4 members (excludes halogenated alkanes) is 7. The SMILES string of the molecule is O=C(O)CCCCCCCCCCC(F)(F)C(F)(F)C(F)(F)C(F)(F)C(F)(F)C(F)(F)C(F)(F)C(F)(F)F. The first kappa shape index (κ1) is 36.3. The second-order valence-corrected chi connectivity index (χ2v) is 8.37. The predicted molar refractivity (Wildman–Crippen MR) is 94.5 cm³/mol. The van der Waals surface area contributed by atoms with E-state index in [0.717, 1.165) is 0 Å². The van der Waals surface area contributed by atoms with Crippen LogP contribution >= 0.6 is 0 Å². The first-order chi connectivity index (χ1) is 16.7. The molecule has 0 aliphatic rings. The topological polar surface area (TPSA) is 37.3 Å². The zero-order valence-electron chi connectivity index (χ0n) is 18.9. The van der Waals surface area contributed by atoms with Gasteiger partial charge in [0, 0.05) is 12.8 Å². The molecule has 0 unspecified atom stereocenters. The van der Waals surface area contributed by atoms with E-state index in [9.17, 15) is 79.4 Å². The van der Waals surface area contributed by atoms with Crippen molar-refractivity contribution in [2.24, 2.45) is 0 Å². The first-order valence-corrected chi connectivity index (χ1v) is 10.6. The Morgan fingerprint density at radius 3 is 1.05 bits per heavy atom. The Morgan fingerprint density at radius 2 is 0.711 bits per heavy atom. The average molecular weight is 604 g/mol. The van der Waals surface area contributed by atoms with Gasteiger partial charge >= 0.3 is 53.6 Å². The predicted octanol–water partition coefficient (Wildman–Crippen LogP) is 8.98. The molecule has 0 saturated carbocycles. The monoisotopic (exact) mass is 604 g/mol. The summed E-state index contributed by atoms with van der Waals surface area (Å²) >= 11 is 0. The molecular weight excluding hydrogens is 583 g/mol. The summed E-state index contributed by atoms with van der Waals surface area (Å²) in [6.45, 7) is 0. The molecule has 0 bridgehead atoms. The fourth-order valence-corrected chi connectivity index (χ4v) is 3.04. The third-order valence-corrected chi connectivity index (χ3v) is 5.42. The summed E-state index contributed by atoms with van der Waals surface area (Å²) in [4.78, 5) is 10.3. The lowest BCUT2D eigenvalue weighted by molar-refractivity contribution is -0.461. The van der Waals surface area contributed by atoms with Crippen LogP contribution in [0.4, 0.5) is 74.6 Å². The van der Waals surface area contributed by atoms with Crippen molar-refractivity contribution in [1.82, 2.24) is 0 Å².